The van der Waals surface area contributed by atoms with E-state index in [0.29, 0.717) is 18.0 Å². The van der Waals surface area contributed by atoms with Crippen LogP contribution < -0.4 is 9.47 Å². The Labute approximate surface area is 143 Å². The van der Waals surface area contributed by atoms with E-state index in [1.807, 2.05) is 36.9 Å². The molecule has 0 aromatic heterocycles. The summed E-state index contributed by atoms with van der Waals surface area (Å²) in [5.74, 6) is 1.27. The van der Waals surface area contributed by atoms with E-state index in [0.717, 1.165) is 31.5 Å². The average Bonchev–Trinajstić information content (AvgIpc) is 3.01. The van der Waals surface area contributed by atoms with Gasteiger partial charge in [-0.1, -0.05) is 19.9 Å². The molecule has 24 heavy (non-hydrogen) atoms. The van der Waals surface area contributed by atoms with Gasteiger partial charge in [-0.25, -0.2) is 0 Å². The molecule has 1 aromatic rings. The van der Waals surface area contributed by atoms with Crippen LogP contribution in [0.15, 0.2) is 18.2 Å². The summed E-state index contributed by atoms with van der Waals surface area (Å²) < 4.78 is 10.7. The second kappa shape index (κ2) is 8.57. The molecule has 1 aliphatic rings. The molecule has 1 aromatic carbocycles. The van der Waals surface area contributed by atoms with Gasteiger partial charge in [0.2, 0.25) is 18.6 Å². The molecule has 0 atom stereocenters. The quantitative estimate of drug-likeness (QED) is 0.732. The Hall–Kier alpha value is -2.24. The molecule has 6 heteroatoms. The number of carbonyl (C=O) groups is 2. The monoisotopic (exact) mass is 334 g/mol. The van der Waals surface area contributed by atoms with Gasteiger partial charge in [-0.2, -0.15) is 0 Å². The Balaban J connectivity index is 2.03. The van der Waals surface area contributed by atoms with Gasteiger partial charge in [-0.05, 0) is 30.5 Å². The smallest absolute Gasteiger partial charge is 0.242 e. The third kappa shape index (κ3) is 4.63. The molecule has 0 saturated carbocycles. The molecule has 2 rings (SSSR count). The second-order valence-corrected chi connectivity index (χ2v) is 5.94. The van der Waals surface area contributed by atoms with Crippen LogP contribution in [0.1, 0.15) is 39.2 Å². The third-order valence-electron chi connectivity index (χ3n) is 3.92. The van der Waals surface area contributed by atoms with Gasteiger partial charge >= 0.3 is 0 Å². The zero-order chi connectivity index (χ0) is 17.5. The summed E-state index contributed by atoms with van der Waals surface area (Å²) in [6, 6.07) is 5.58. The Morgan fingerprint density at radius 3 is 2.33 bits per heavy atom. The van der Waals surface area contributed by atoms with Crippen LogP contribution >= 0.6 is 0 Å². The summed E-state index contributed by atoms with van der Waals surface area (Å²) in [4.78, 5) is 27.9. The van der Waals surface area contributed by atoms with Crippen LogP contribution in [0.5, 0.6) is 11.5 Å². The van der Waals surface area contributed by atoms with Crippen LogP contribution in [0.25, 0.3) is 0 Å². The Bertz CT molecular complexity index is 582. The van der Waals surface area contributed by atoms with Crippen molar-refractivity contribution in [3.63, 3.8) is 0 Å². The van der Waals surface area contributed by atoms with Gasteiger partial charge in [-0.15, -0.1) is 0 Å². The fraction of sp³-hybridized carbons (Fsp3) is 0.556. The number of fused-ring (bicyclic) bond motifs is 1. The van der Waals surface area contributed by atoms with E-state index in [4.69, 9.17) is 9.47 Å². The van der Waals surface area contributed by atoms with Gasteiger partial charge in [0.15, 0.2) is 11.5 Å². The van der Waals surface area contributed by atoms with Gasteiger partial charge in [0.25, 0.3) is 0 Å². The lowest BCUT2D eigenvalue weighted by atomic mass is 10.2. The highest BCUT2D eigenvalue weighted by molar-refractivity contribution is 5.83. The fourth-order valence-electron chi connectivity index (χ4n) is 2.70. The van der Waals surface area contributed by atoms with Crippen LogP contribution in [0, 0.1) is 0 Å². The van der Waals surface area contributed by atoms with Crippen LogP contribution in [0.3, 0.4) is 0 Å². The highest BCUT2D eigenvalue weighted by atomic mass is 16.7. The number of benzene rings is 1. The maximum absolute atomic E-state index is 12.5. The molecule has 132 valence electrons. The van der Waals surface area contributed by atoms with Crippen molar-refractivity contribution in [3.8, 4) is 11.5 Å². The number of carbonyl (C=O) groups excluding carboxylic acids is 2. The SMILES string of the molecule is CCCN(CCC)C(=O)CN(Cc1ccc2c(c1)OCO2)C(C)=O. The summed E-state index contributed by atoms with van der Waals surface area (Å²) in [6.45, 7) is 7.73. The summed E-state index contributed by atoms with van der Waals surface area (Å²) >= 11 is 0. The first-order chi connectivity index (χ1) is 11.5. The average molecular weight is 334 g/mol. The fourth-order valence-corrected chi connectivity index (χ4v) is 2.70. The highest BCUT2D eigenvalue weighted by Gasteiger charge is 2.20. The van der Waals surface area contributed by atoms with Crippen molar-refractivity contribution < 1.29 is 19.1 Å². The van der Waals surface area contributed by atoms with Crippen molar-refractivity contribution in [3.05, 3.63) is 23.8 Å². The lowest BCUT2D eigenvalue weighted by molar-refractivity contribution is -0.140. The number of hydrogen-bond acceptors (Lipinski definition) is 4. The lowest BCUT2D eigenvalue weighted by Crippen LogP contribution is -2.42. The molecule has 2 amide bonds. The highest BCUT2D eigenvalue weighted by Crippen LogP contribution is 2.32. The van der Waals surface area contributed by atoms with E-state index in [9.17, 15) is 9.59 Å². The molecule has 0 fully saturated rings. The topological polar surface area (TPSA) is 59.1 Å². The molecule has 0 unspecified atom stereocenters. The van der Waals surface area contributed by atoms with E-state index in [1.54, 1.807) is 4.90 Å². The van der Waals surface area contributed by atoms with E-state index in [-0.39, 0.29) is 25.2 Å². The molecule has 0 N–H and O–H groups in total. The molecule has 0 radical (unpaired) electrons. The van der Waals surface area contributed by atoms with Crippen molar-refractivity contribution in [2.75, 3.05) is 26.4 Å². The molecule has 6 nitrogen and oxygen atoms in total. The maximum atomic E-state index is 12.5. The van der Waals surface area contributed by atoms with Gasteiger partial charge in [-0.3, -0.25) is 9.59 Å². The van der Waals surface area contributed by atoms with Crippen molar-refractivity contribution in [1.29, 1.82) is 0 Å². The number of rotatable bonds is 8. The molecule has 0 spiro atoms. The lowest BCUT2D eigenvalue weighted by Gasteiger charge is -2.26. The van der Waals surface area contributed by atoms with Crippen LogP contribution in [0.2, 0.25) is 0 Å². The van der Waals surface area contributed by atoms with Gasteiger partial charge in [0.05, 0.1) is 0 Å². The van der Waals surface area contributed by atoms with Crippen molar-refractivity contribution in [2.24, 2.45) is 0 Å². The maximum Gasteiger partial charge on any atom is 0.242 e. The summed E-state index contributed by atoms with van der Waals surface area (Å²) in [6.07, 6.45) is 1.82. The molecule has 1 aliphatic heterocycles. The molecular weight excluding hydrogens is 308 g/mol. The third-order valence-corrected chi connectivity index (χ3v) is 3.92. The minimum absolute atomic E-state index is 0.00496. The predicted octanol–water partition coefficient (Wildman–Crippen LogP) is 2.41. The predicted molar refractivity (Wildman–Crippen MR) is 90.8 cm³/mol. The van der Waals surface area contributed by atoms with Crippen LogP contribution in [-0.2, 0) is 16.1 Å². The first kappa shape index (κ1) is 18.1. The van der Waals surface area contributed by atoms with Crippen LogP contribution in [-0.4, -0.2) is 48.0 Å². The Morgan fingerprint density at radius 1 is 1.04 bits per heavy atom. The number of nitrogens with zero attached hydrogens (tertiary/aromatic N) is 2. The van der Waals surface area contributed by atoms with Gasteiger partial charge in [0.1, 0.15) is 6.54 Å². The first-order valence-electron chi connectivity index (χ1n) is 8.47. The molecule has 0 saturated heterocycles. The first-order valence-corrected chi connectivity index (χ1v) is 8.47. The zero-order valence-electron chi connectivity index (χ0n) is 14.7. The largest absolute Gasteiger partial charge is 0.454 e. The van der Waals surface area contributed by atoms with Crippen molar-refractivity contribution in [1.82, 2.24) is 9.80 Å². The Morgan fingerprint density at radius 2 is 1.71 bits per heavy atom. The van der Waals surface area contributed by atoms with E-state index >= 15 is 0 Å². The molecule has 1 heterocycles. The second-order valence-electron chi connectivity index (χ2n) is 5.94. The number of ether oxygens (including phenoxy) is 2. The standard InChI is InChI=1S/C18H26N2O4/c1-4-8-19(9-5-2)18(22)12-20(14(3)21)11-15-6-7-16-17(10-15)24-13-23-16/h6-7,10H,4-5,8-9,11-13H2,1-3H3. The van der Waals surface area contributed by atoms with Crippen molar-refractivity contribution in [2.45, 2.75) is 40.2 Å². The normalized spacial score (nSPS) is 12.1. The van der Waals surface area contributed by atoms with Gasteiger partial charge in [0, 0.05) is 26.6 Å². The minimum atomic E-state index is -0.117. The Kier molecular flexibility index (Phi) is 6.46. The van der Waals surface area contributed by atoms with Gasteiger partial charge < -0.3 is 19.3 Å². The summed E-state index contributed by atoms with van der Waals surface area (Å²) in [7, 11) is 0. The number of amides is 2. The van der Waals surface area contributed by atoms with E-state index in [1.165, 1.54) is 6.92 Å². The van der Waals surface area contributed by atoms with Crippen molar-refractivity contribution >= 4 is 11.8 Å². The van der Waals surface area contributed by atoms with E-state index < -0.39 is 0 Å². The summed E-state index contributed by atoms with van der Waals surface area (Å²) in [5, 5.41) is 0. The van der Waals surface area contributed by atoms with E-state index in [2.05, 4.69) is 0 Å². The molecular formula is C18H26N2O4. The van der Waals surface area contributed by atoms with Crippen LogP contribution in [0.4, 0.5) is 0 Å². The number of hydrogen-bond donors (Lipinski definition) is 0. The molecule has 0 bridgehead atoms. The summed E-state index contributed by atoms with van der Waals surface area (Å²) in [5.41, 5.74) is 0.916. The molecule has 0 aliphatic carbocycles. The minimum Gasteiger partial charge on any atom is -0.454 e. The zero-order valence-corrected chi connectivity index (χ0v) is 14.7.